The molecule has 0 spiro atoms. The van der Waals surface area contributed by atoms with Crippen molar-refractivity contribution in [2.45, 2.75) is 26.3 Å². The van der Waals surface area contributed by atoms with Crippen LogP contribution in [0.1, 0.15) is 20.3 Å². The molecule has 0 amide bonds. The lowest BCUT2D eigenvalue weighted by atomic mass is 10.3. The molecule has 0 aliphatic carbocycles. The SMILES string of the molecule is CC#CC(=O)CCOCC(N)COCC. The zero-order valence-corrected chi connectivity index (χ0v) is 9.41. The first-order valence-corrected chi connectivity index (χ1v) is 5.07. The van der Waals surface area contributed by atoms with E-state index in [0.717, 1.165) is 0 Å². The number of nitrogens with two attached hydrogens (primary N) is 1. The van der Waals surface area contributed by atoms with Crippen LogP contribution in [0.5, 0.6) is 0 Å². The number of carbonyl (C=O) groups excluding carboxylic acids is 1. The van der Waals surface area contributed by atoms with Crippen LogP contribution in [0, 0.1) is 11.8 Å². The third-order valence-electron chi connectivity index (χ3n) is 1.61. The van der Waals surface area contributed by atoms with E-state index in [2.05, 4.69) is 11.8 Å². The fourth-order valence-corrected chi connectivity index (χ4v) is 0.919. The molecule has 1 unspecified atom stereocenters. The van der Waals surface area contributed by atoms with Gasteiger partial charge in [-0.25, -0.2) is 0 Å². The zero-order chi connectivity index (χ0) is 11.5. The minimum atomic E-state index is -0.127. The predicted octanol–water partition coefficient (Wildman–Crippen LogP) is 0.349. The number of ether oxygens (including phenoxy) is 2. The Morgan fingerprint density at radius 3 is 2.67 bits per heavy atom. The maximum absolute atomic E-state index is 11.0. The van der Waals surface area contributed by atoms with Crippen LogP contribution in [0.3, 0.4) is 0 Å². The lowest BCUT2D eigenvalue weighted by Gasteiger charge is -2.11. The molecule has 0 aromatic carbocycles. The highest BCUT2D eigenvalue weighted by Crippen LogP contribution is 1.88. The molecule has 15 heavy (non-hydrogen) atoms. The number of carbonyl (C=O) groups is 1. The molecule has 0 fully saturated rings. The van der Waals surface area contributed by atoms with E-state index in [1.54, 1.807) is 6.92 Å². The number of Topliss-reactive ketones (excluding diaryl/α,β-unsaturated/α-hetero) is 1. The number of hydrogen-bond acceptors (Lipinski definition) is 4. The molecule has 0 radical (unpaired) electrons. The average Bonchev–Trinajstić information content (AvgIpc) is 2.22. The van der Waals surface area contributed by atoms with E-state index in [4.69, 9.17) is 15.2 Å². The summed E-state index contributed by atoms with van der Waals surface area (Å²) in [5.74, 6) is 4.89. The van der Waals surface area contributed by atoms with Gasteiger partial charge in [-0.15, -0.1) is 0 Å². The van der Waals surface area contributed by atoms with Crippen molar-refractivity contribution >= 4 is 5.78 Å². The molecule has 0 bridgehead atoms. The number of ketones is 1. The predicted molar refractivity (Wildman–Crippen MR) is 58.4 cm³/mol. The Hall–Kier alpha value is -0.890. The summed E-state index contributed by atoms with van der Waals surface area (Å²) in [5.41, 5.74) is 5.67. The van der Waals surface area contributed by atoms with E-state index < -0.39 is 0 Å². The highest BCUT2D eigenvalue weighted by molar-refractivity contribution is 5.95. The van der Waals surface area contributed by atoms with Crippen LogP contribution in [0.15, 0.2) is 0 Å². The molecule has 0 aromatic heterocycles. The molecule has 4 heteroatoms. The van der Waals surface area contributed by atoms with Gasteiger partial charge < -0.3 is 15.2 Å². The molecular weight excluding hydrogens is 194 g/mol. The summed E-state index contributed by atoms with van der Waals surface area (Å²) in [6.07, 6.45) is 0.322. The maximum Gasteiger partial charge on any atom is 0.207 e. The highest BCUT2D eigenvalue weighted by Gasteiger charge is 2.03. The zero-order valence-electron chi connectivity index (χ0n) is 9.41. The summed E-state index contributed by atoms with van der Waals surface area (Å²) < 4.78 is 10.3. The van der Waals surface area contributed by atoms with Crippen molar-refractivity contribution in [3.63, 3.8) is 0 Å². The largest absolute Gasteiger partial charge is 0.380 e. The van der Waals surface area contributed by atoms with E-state index in [1.807, 2.05) is 6.92 Å². The van der Waals surface area contributed by atoms with Crippen LogP contribution in [-0.4, -0.2) is 38.3 Å². The molecule has 1 atom stereocenters. The lowest BCUT2D eigenvalue weighted by molar-refractivity contribution is -0.114. The van der Waals surface area contributed by atoms with Gasteiger partial charge in [-0.05, 0) is 19.8 Å². The Kier molecular flexibility index (Phi) is 9.08. The topological polar surface area (TPSA) is 61.5 Å². The van der Waals surface area contributed by atoms with Crippen LogP contribution < -0.4 is 5.73 Å². The first-order valence-electron chi connectivity index (χ1n) is 5.07. The van der Waals surface area contributed by atoms with Crippen molar-refractivity contribution in [2.75, 3.05) is 26.4 Å². The molecule has 0 heterocycles. The van der Waals surface area contributed by atoms with Gasteiger partial charge in [0.15, 0.2) is 0 Å². The van der Waals surface area contributed by atoms with Crippen LogP contribution >= 0.6 is 0 Å². The van der Waals surface area contributed by atoms with Gasteiger partial charge in [-0.2, -0.15) is 0 Å². The summed E-state index contributed by atoms with van der Waals surface area (Å²) in [5, 5.41) is 0. The summed E-state index contributed by atoms with van der Waals surface area (Å²) >= 11 is 0. The van der Waals surface area contributed by atoms with Gasteiger partial charge in [-0.1, -0.05) is 5.92 Å². The quantitative estimate of drug-likeness (QED) is 0.359. The van der Waals surface area contributed by atoms with Gasteiger partial charge in [0.1, 0.15) is 0 Å². The van der Waals surface area contributed by atoms with E-state index in [1.165, 1.54) is 0 Å². The Balaban J connectivity index is 3.36. The average molecular weight is 213 g/mol. The minimum Gasteiger partial charge on any atom is -0.380 e. The Labute approximate surface area is 91.1 Å². The molecule has 86 valence electrons. The molecular formula is C11H19NO3. The van der Waals surface area contributed by atoms with E-state index in [0.29, 0.717) is 32.8 Å². The molecule has 4 nitrogen and oxygen atoms in total. The monoisotopic (exact) mass is 213 g/mol. The van der Waals surface area contributed by atoms with Crippen molar-refractivity contribution < 1.29 is 14.3 Å². The molecule has 0 saturated carbocycles. The van der Waals surface area contributed by atoms with Crippen molar-refractivity contribution in [3.8, 4) is 11.8 Å². The molecule has 0 aromatic rings. The van der Waals surface area contributed by atoms with E-state index >= 15 is 0 Å². The normalized spacial score (nSPS) is 11.7. The van der Waals surface area contributed by atoms with Gasteiger partial charge in [0, 0.05) is 13.0 Å². The van der Waals surface area contributed by atoms with Crippen molar-refractivity contribution in [3.05, 3.63) is 0 Å². The first-order chi connectivity index (χ1) is 7.20. The summed E-state index contributed by atoms with van der Waals surface area (Å²) in [6.45, 7) is 5.46. The number of hydrogen-bond donors (Lipinski definition) is 1. The van der Waals surface area contributed by atoms with Crippen molar-refractivity contribution in [1.82, 2.24) is 0 Å². The summed E-state index contributed by atoms with van der Waals surface area (Å²) in [7, 11) is 0. The molecule has 0 rings (SSSR count). The standard InChI is InChI=1S/C11H19NO3/c1-3-5-11(13)6-7-15-9-10(12)8-14-4-2/h10H,4,6-9,12H2,1-2H3. The fourth-order valence-electron chi connectivity index (χ4n) is 0.919. The van der Waals surface area contributed by atoms with Crippen LogP contribution in [0.25, 0.3) is 0 Å². The maximum atomic E-state index is 11.0. The Morgan fingerprint density at radius 1 is 1.40 bits per heavy atom. The summed E-state index contributed by atoms with van der Waals surface area (Å²) in [6, 6.07) is -0.127. The van der Waals surface area contributed by atoms with Crippen molar-refractivity contribution in [2.24, 2.45) is 5.73 Å². The molecule has 2 N–H and O–H groups in total. The molecule has 0 aliphatic rings. The van der Waals surface area contributed by atoms with E-state index in [9.17, 15) is 4.79 Å². The van der Waals surface area contributed by atoms with Gasteiger partial charge >= 0.3 is 0 Å². The number of rotatable bonds is 8. The van der Waals surface area contributed by atoms with Gasteiger partial charge in [0.25, 0.3) is 0 Å². The highest BCUT2D eigenvalue weighted by atomic mass is 16.5. The van der Waals surface area contributed by atoms with Crippen LogP contribution in [0.4, 0.5) is 0 Å². The van der Waals surface area contributed by atoms with Crippen LogP contribution in [0.2, 0.25) is 0 Å². The molecule has 0 aliphatic heterocycles. The van der Waals surface area contributed by atoms with Crippen LogP contribution in [-0.2, 0) is 14.3 Å². The van der Waals surface area contributed by atoms with Crippen molar-refractivity contribution in [1.29, 1.82) is 0 Å². The first kappa shape index (κ1) is 14.1. The third-order valence-corrected chi connectivity index (χ3v) is 1.61. The lowest BCUT2D eigenvalue weighted by Crippen LogP contribution is -2.31. The third kappa shape index (κ3) is 9.42. The van der Waals surface area contributed by atoms with Gasteiger partial charge in [0.2, 0.25) is 5.78 Å². The fraction of sp³-hybridized carbons (Fsp3) is 0.727. The second-order valence-corrected chi connectivity index (χ2v) is 3.04. The smallest absolute Gasteiger partial charge is 0.207 e. The summed E-state index contributed by atoms with van der Waals surface area (Å²) in [4.78, 5) is 11.0. The minimum absolute atomic E-state index is 0.101. The Bertz CT molecular complexity index is 230. The van der Waals surface area contributed by atoms with E-state index in [-0.39, 0.29) is 11.8 Å². The second-order valence-electron chi connectivity index (χ2n) is 3.04. The second kappa shape index (κ2) is 9.66. The Morgan fingerprint density at radius 2 is 2.07 bits per heavy atom. The molecule has 0 saturated heterocycles. The van der Waals surface area contributed by atoms with Gasteiger partial charge in [-0.3, -0.25) is 4.79 Å². The van der Waals surface area contributed by atoms with Gasteiger partial charge in [0.05, 0.1) is 25.9 Å².